The standard InChI is InChI=1S/C26H36O8/c1-15-7-10-22-25(5,12-11-23(34-18(4)29)26(22,6)14-32-16(2)27)20(15)9-8-19-21(33-17(3)28)13-31-24(19)30/h8,20-23H,1,7,9-14H2,2-6H3/b19-8+/t20-,21+,22-,23+,25-,26-/m0/s1. The molecule has 0 N–H and O–H groups in total. The van der Waals surface area contributed by atoms with Crippen molar-refractivity contribution >= 4 is 23.9 Å². The topological polar surface area (TPSA) is 105 Å². The zero-order chi connectivity index (χ0) is 25.3. The summed E-state index contributed by atoms with van der Waals surface area (Å²) in [5.41, 5.74) is 0.706. The zero-order valence-electron chi connectivity index (χ0n) is 20.8. The molecule has 0 spiro atoms. The summed E-state index contributed by atoms with van der Waals surface area (Å²) in [6, 6.07) is 0. The van der Waals surface area contributed by atoms with E-state index in [0.717, 1.165) is 24.8 Å². The van der Waals surface area contributed by atoms with Crippen LogP contribution >= 0.6 is 0 Å². The van der Waals surface area contributed by atoms with Crippen LogP contribution in [0.25, 0.3) is 0 Å². The first-order valence-electron chi connectivity index (χ1n) is 11.9. The normalized spacial score (nSPS) is 36.4. The van der Waals surface area contributed by atoms with Gasteiger partial charge in [0.05, 0.1) is 5.57 Å². The Morgan fingerprint density at radius 2 is 1.76 bits per heavy atom. The van der Waals surface area contributed by atoms with Crippen LogP contribution in [0.2, 0.25) is 0 Å². The average molecular weight is 477 g/mol. The summed E-state index contributed by atoms with van der Waals surface area (Å²) in [6.07, 6.45) is 4.40. The van der Waals surface area contributed by atoms with Gasteiger partial charge in [0, 0.05) is 26.2 Å². The number of carbonyl (C=O) groups excluding carboxylic acids is 4. The van der Waals surface area contributed by atoms with E-state index in [-0.39, 0.29) is 48.5 Å². The van der Waals surface area contributed by atoms with E-state index in [0.29, 0.717) is 18.4 Å². The van der Waals surface area contributed by atoms with Gasteiger partial charge in [-0.05, 0) is 49.4 Å². The lowest BCUT2D eigenvalue weighted by Crippen LogP contribution is -2.58. The van der Waals surface area contributed by atoms with E-state index in [2.05, 4.69) is 13.5 Å². The van der Waals surface area contributed by atoms with Crippen molar-refractivity contribution in [1.29, 1.82) is 0 Å². The van der Waals surface area contributed by atoms with E-state index in [4.69, 9.17) is 18.9 Å². The lowest BCUT2D eigenvalue weighted by atomic mass is 9.46. The summed E-state index contributed by atoms with van der Waals surface area (Å²) in [5.74, 6) is -1.49. The summed E-state index contributed by atoms with van der Waals surface area (Å²) in [4.78, 5) is 47.2. The number of rotatable bonds is 6. The molecular weight excluding hydrogens is 440 g/mol. The van der Waals surface area contributed by atoms with E-state index in [1.807, 2.05) is 13.0 Å². The van der Waals surface area contributed by atoms with Gasteiger partial charge in [0.1, 0.15) is 19.3 Å². The van der Waals surface area contributed by atoms with Gasteiger partial charge in [-0.25, -0.2) is 4.79 Å². The van der Waals surface area contributed by atoms with Gasteiger partial charge < -0.3 is 18.9 Å². The summed E-state index contributed by atoms with van der Waals surface area (Å²) < 4.78 is 21.6. The first kappa shape index (κ1) is 26.0. The molecule has 3 rings (SSSR count). The first-order chi connectivity index (χ1) is 15.9. The lowest BCUT2D eigenvalue weighted by molar-refractivity contribution is -0.191. The van der Waals surface area contributed by atoms with E-state index in [9.17, 15) is 19.2 Å². The maximum Gasteiger partial charge on any atom is 0.337 e. The van der Waals surface area contributed by atoms with Crippen LogP contribution in [0.5, 0.6) is 0 Å². The summed E-state index contributed by atoms with van der Waals surface area (Å²) >= 11 is 0. The molecule has 0 bridgehead atoms. The fourth-order valence-corrected chi connectivity index (χ4v) is 6.46. The largest absolute Gasteiger partial charge is 0.465 e. The van der Waals surface area contributed by atoms with Crippen molar-refractivity contribution in [3.63, 3.8) is 0 Å². The molecule has 0 aromatic carbocycles. The number of allylic oxidation sites excluding steroid dienone is 2. The lowest BCUT2D eigenvalue weighted by Gasteiger charge is -2.60. The van der Waals surface area contributed by atoms with Crippen molar-refractivity contribution in [3.05, 3.63) is 23.8 Å². The molecule has 2 aliphatic carbocycles. The second kappa shape index (κ2) is 9.92. The first-order valence-corrected chi connectivity index (χ1v) is 11.9. The molecule has 0 radical (unpaired) electrons. The Bertz CT molecular complexity index is 904. The number of cyclic esters (lactones) is 1. The van der Waals surface area contributed by atoms with Crippen LogP contribution in [0.1, 0.15) is 66.7 Å². The van der Waals surface area contributed by atoms with Crippen LogP contribution < -0.4 is 0 Å². The zero-order valence-corrected chi connectivity index (χ0v) is 20.8. The van der Waals surface area contributed by atoms with Gasteiger partial charge in [-0.3, -0.25) is 14.4 Å². The minimum atomic E-state index is -0.695. The third-order valence-corrected chi connectivity index (χ3v) is 8.04. The molecule has 0 amide bonds. The maximum atomic E-state index is 12.3. The molecule has 3 aliphatic rings. The summed E-state index contributed by atoms with van der Waals surface area (Å²) in [7, 11) is 0. The van der Waals surface area contributed by atoms with Gasteiger partial charge >= 0.3 is 23.9 Å². The Morgan fingerprint density at radius 3 is 2.38 bits per heavy atom. The van der Waals surface area contributed by atoms with Crippen LogP contribution in [-0.2, 0) is 38.1 Å². The van der Waals surface area contributed by atoms with Gasteiger partial charge in [0.2, 0.25) is 0 Å². The highest BCUT2D eigenvalue weighted by atomic mass is 16.6. The van der Waals surface area contributed by atoms with Crippen molar-refractivity contribution in [3.8, 4) is 0 Å². The number of hydrogen-bond acceptors (Lipinski definition) is 8. The molecule has 0 unspecified atom stereocenters. The smallest absolute Gasteiger partial charge is 0.337 e. The maximum absolute atomic E-state index is 12.3. The SMILES string of the molecule is C=C1CC[C@@H]2[C@](C)(COC(C)=O)[C@H](OC(C)=O)CC[C@@]2(C)[C@H]1C/C=C1/C(=O)OC[C@H]1OC(C)=O. The molecule has 0 aromatic heterocycles. The van der Waals surface area contributed by atoms with Gasteiger partial charge in [0.25, 0.3) is 0 Å². The molecule has 1 aliphatic heterocycles. The Balaban J connectivity index is 1.91. The van der Waals surface area contributed by atoms with E-state index < -0.39 is 23.5 Å². The highest BCUT2D eigenvalue weighted by Crippen LogP contribution is 2.62. The van der Waals surface area contributed by atoms with E-state index >= 15 is 0 Å². The highest BCUT2D eigenvalue weighted by molar-refractivity contribution is 5.92. The molecule has 188 valence electrons. The Morgan fingerprint density at radius 1 is 1.09 bits per heavy atom. The quantitative estimate of drug-likeness (QED) is 0.247. The molecule has 6 atom stereocenters. The van der Waals surface area contributed by atoms with Gasteiger partial charge in [0.15, 0.2) is 6.10 Å². The van der Waals surface area contributed by atoms with Gasteiger partial charge in [-0.2, -0.15) is 0 Å². The summed E-state index contributed by atoms with van der Waals surface area (Å²) in [5, 5.41) is 0. The van der Waals surface area contributed by atoms with Crippen molar-refractivity contribution in [2.24, 2.45) is 22.7 Å². The fourth-order valence-electron chi connectivity index (χ4n) is 6.46. The molecule has 3 fully saturated rings. The molecule has 1 heterocycles. The number of carbonyl (C=O) groups is 4. The van der Waals surface area contributed by atoms with Crippen LogP contribution in [0.15, 0.2) is 23.8 Å². The molecule has 2 saturated carbocycles. The molecular formula is C26H36O8. The van der Waals surface area contributed by atoms with Crippen molar-refractivity contribution < 1.29 is 38.1 Å². The van der Waals surface area contributed by atoms with Gasteiger partial charge in [-0.15, -0.1) is 0 Å². The third kappa shape index (κ3) is 5.05. The number of fused-ring (bicyclic) bond motifs is 1. The highest BCUT2D eigenvalue weighted by Gasteiger charge is 2.59. The Labute approximate surface area is 201 Å². The molecule has 0 aromatic rings. The molecule has 1 saturated heterocycles. The predicted molar refractivity (Wildman–Crippen MR) is 122 cm³/mol. The molecule has 8 nitrogen and oxygen atoms in total. The second-order valence-electron chi connectivity index (χ2n) is 10.3. The average Bonchev–Trinajstić information content (AvgIpc) is 3.07. The predicted octanol–water partition coefficient (Wildman–Crippen LogP) is 3.68. The van der Waals surface area contributed by atoms with Crippen LogP contribution in [0, 0.1) is 22.7 Å². The molecule has 8 heteroatoms. The van der Waals surface area contributed by atoms with E-state index in [1.54, 1.807) is 0 Å². The molecule has 34 heavy (non-hydrogen) atoms. The minimum absolute atomic E-state index is 0.0280. The van der Waals surface area contributed by atoms with E-state index in [1.165, 1.54) is 20.8 Å². The fraction of sp³-hybridized carbons (Fsp3) is 0.692. The number of esters is 4. The van der Waals surface area contributed by atoms with Crippen molar-refractivity contribution in [1.82, 2.24) is 0 Å². The number of ether oxygens (including phenoxy) is 4. The summed E-state index contributed by atoms with van der Waals surface area (Å²) in [6.45, 7) is 12.9. The Kier molecular flexibility index (Phi) is 7.58. The van der Waals surface area contributed by atoms with Gasteiger partial charge in [-0.1, -0.05) is 32.1 Å². The van der Waals surface area contributed by atoms with Crippen LogP contribution in [0.3, 0.4) is 0 Å². The van der Waals surface area contributed by atoms with Crippen molar-refractivity contribution in [2.45, 2.75) is 78.9 Å². The Hall–Kier alpha value is -2.64. The van der Waals surface area contributed by atoms with Crippen LogP contribution in [-0.4, -0.2) is 49.3 Å². The van der Waals surface area contributed by atoms with Crippen LogP contribution in [0.4, 0.5) is 0 Å². The minimum Gasteiger partial charge on any atom is -0.465 e. The second-order valence-corrected chi connectivity index (χ2v) is 10.3. The van der Waals surface area contributed by atoms with Crippen molar-refractivity contribution in [2.75, 3.05) is 13.2 Å². The number of hydrogen-bond donors (Lipinski definition) is 0. The third-order valence-electron chi connectivity index (χ3n) is 8.04. The monoisotopic (exact) mass is 476 g/mol.